The third-order valence-corrected chi connectivity index (χ3v) is 1.94. The van der Waals surface area contributed by atoms with Crippen LogP contribution in [0.4, 0.5) is 0 Å². The first-order valence-corrected chi connectivity index (χ1v) is 3.93. The molecule has 78 valence electrons. The van der Waals surface area contributed by atoms with E-state index in [0.29, 0.717) is 0 Å². The molecule has 0 amide bonds. The lowest BCUT2D eigenvalue weighted by molar-refractivity contribution is -0.163. The molecular formula is C7H11N3O4. The standard InChI is InChI=1S/C7H11N3O4/c1-7(5(11)12,6(13)14)3-2-4-9-10-8/h2-4H2,1H3,(H,11,12)(H,13,14). The minimum Gasteiger partial charge on any atom is -0.480 e. The fourth-order valence-corrected chi connectivity index (χ4v) is 0.853. The third-order valence-electron chi connectivity index (χ3n) is 1.94. The number of aliphatic carboxylic acids is 2. The van der Waals surface area contributed by atoms with E-state index in [-0.39, 0.29) is 19.4 Å². The molecule has 0 saturated heterocycles. The molecule has 0 unspecified atom stereocenters. The normalized spacial score (nSPS) is 10.4. The van der Waals surface area contributed by atoms with Crippen LogP contribution in [-0.2, 0) is 9.59 Å². The van der Waals surface area contributed by atoms with Gasteiger partial charge in [0.25, 0.3) is 0 Å². The quantitative estimate of drug-likeness (QED) is 0.220. The van der Waals surface area contributed by atoms with Gasteiger partial charge < -0.3 is 10.2 Å². The van der Waals surface area contributed by atoms with Crippen LogP contribution >= 0.6 is 0 Å². The van der Waals surface area contributed by atoms with Gasteiger partial charge in [-0.2, -0.15) is 0 Å². The van der Waals surface area contributed by atoms with E-state index in [1.807, 2.05) is 0 Å². The summed E-state index contributed by atoms with van der Waals surface area (Å²) in [7, 11) is 0. The van der Waals surface area contributed by atoms with E-state index in [4.69, 9.17) is 15.7 Å². The molecule has 0 bridgehead atoms. The van der Waals surface area contributed by atoms with Crippen LogP contribution in [0.25, 0.3) is 10.4 Å². The highest BCUT2D eigenvalue weighted by Gasteiger charge is 2.40. The maximum absolute atomic E-state index is 10.6. The second kappa shape index (κ2) is 5.08. The van der Waals surface area contributed by atoms with Crippen molar-refractivity contribution < 1.29 is 19.8 Å². The molecular weight excluding hydrogens is 190 g/mol. The van der Waals surface area contributed by atoms with Crippen molar-refractivity contribution >= 4 is 11.9 Å². The van der Waals surface area contributed by atoms with Crippen LogP contribution in [0.2, 0.25) is 0 Å². The van der Waals surface area contributed by atoms with Gasteiger partial charge in [-0.1, -0.05) is 5.11 Å². The zero-order valence-corrected chi connectivity index (χ0v) is 7.67. The monoisotopic (exact) mass is 201 g/mol. The summed E-state index contributed by atoms with van der Waals surface area (Å²) >= 11 is 0. The molecule has 0 rings (SSSR count). The topological polar surface area (TPSA) is 123 Å². The molecule has 0 heterocycles. The van der Waals surface area contributed by atoms with Crippen LogP contribution in [0.3, 0.4) is 0 Å². The fraction of sp³-hybridized carbons (Fsp3) is 0.714. The van der Waals surface area contributed by atoms with Crippen molar-refractivity contribution in [2.24, 2.45) is 10.5 Å². The lowest BCUT2D eigenvalue weighted by atomic mass is 9.86. The van der Waals surface area contributed by atoms with Gasteiger partial charge >= 0.3 is 11.9 Å². The molecule has 0 spiro atoms. The second-order valence-corrected chi connectivity index (χ2v) is 3.00. The maximum atomic E-state index is 10.6. The fourth-order valence-electron chi connectivity index (χ4n) is 0.853. The molecule has 0 aromatic heterocycles. The molecule has 0 radical (unpaired) electrons. The molecule has 2 N–H and O–H groups in total. The second-order valence-electron chi connectivity index (χ2n) is 3.00. The summed E-state index contributed by atoms with van der Waals surface area (Å²) in [5, 5.41) is 20.5. The molecule has 7 heteroatoms. The SMILES string of the molecule is CC(CCCN=[N+]=[N-])(C(=O)O)C(=O)O. The summed E-state index contributed by atoms with van der Waals surface area (Å²) in [5.41, 5.74) is 6.14. The van der Waals surface area contributed by atoms with Crippen LogP contribution in [0.5, 0.6) is 0 Å². The zero-order valence-electron chi connectivity index (χ0n) is 7.67. The van der Waals surface area contributed by atoms with E-state index in [9.17, 15) is 9.59 Å². The van der Waals surface area contributed by atoms with Crippen LogP contribution in [0, 0.1) is 5.41 Å². The van der Waals surface area contributed by atoms with Crippen LogP contribution in [0.1, 0.15) is 19.8 Å². The molecule has 0 aromatic rings. The van der Waals surface area contributed by atoms with Gasteiger partial charge in [0.05, 0.1) is 0 Å². The molecule has 0 fully saturated rings. The zero-order chi connectivity index (χ0) is 11.2. The lowest BCUT2D eigenvalue weighted by Gasteiger charge is -2.18. The average molecular weight is 201 g/mol. The van der Waals surface area contributed by atoms with E-state index in [1.54, 1.807) is 0 Å². The predicted molar refractivity (Wildman–Crippen MR) is 46.6 cm³/mol. The molecule has 14 heavy (non-hydrogen) atoms. The summed E-state index contributed by atoms with van der Waals surface area (Å²) in [4.78, 5) is 23.8. The van der Waals surface area contributed by atoms with Crippen molar-refractivity contribution in [1.29, 1.82) is 0 Å². The van der Waals surface area contributed by atoms with Gasteiger partial charge in [-0.15, -0.1) is 0 Å². The Labute approximate surface area is 80.0 Å². The summed E-state index contributed by atoms with van der Waals surface area (Å²) < 4.78 is 0. The maximum Gasteiger partial charge on any atom is 0.320 e. The molecule has 0 aliphatic rings. The number of nitrogens with zero attached hydrogens (tertiary/aromatic N) is 3. The highest BCUT2D eigenvalue weighted by atomic mass is 16.4. The van der Waals surface area contributed by atoms with Crippen LogP contribution in [0.15, 0.2) is 5.11 Å². The van der Waals surface area contributed by atoms with Gasteiger partial charge in [-0.05, 0) is 25.3 Å². The van der Waals surface area contributed by atoms with Crippen molar-refractivity contribution in [3.63, 3.8) is 0 Å². The first kappa shape index (κ1) is 12.2. The molecule has 0 aliphatic heterocycles. The number of carboxylic acid groups (broad SMARTS) is 2. The molecule has 0 saturated carbocycles. The number of azide groups is 1. The Bertz CT molecular complexity index is 269. The number of hydrogen-bond acceptors (Lipinski definition) is 3. The Balaban J connectivity index is 4.32. The third kappa shape index (κ3) is 2.95. The van der Waals surface area contributed by atoms with E-state index in [1.165, 1.54) is 0 Å². The first-order valence-electron chi connectivity index (χ1n) is 3.93. The number of hydrogen-bond donors (Lipinski definition) is 2. The number of rotatable bonds is 6. The van der Waals surface area contributed by atoms with Crippen molar-refractivity contribution in [2.45, 2.75) is 19.8 Å². The van der Waals surface area contributed by atoms with E-state index in [2.05, 4.69) is 10.0 Å². The van der Waals surface area contributed by atoms with E-state index in [0.717, 1.165) is 6.92 Å². The van der Waals surface area contributed by atoms with Crippen LogP contribution < -0.4 is 0 Å². The van der Waals surface area contributed by atoms with Gasteiger partial charge in [0, 0.05) is 11.5 Å². The lowest BCUT2D eigenvalue weighted by Crippen LogP contribution is -2.36. The van der Waals surface area contributed by atoms with Gasteiger partial charge in [0.1, 0.15) is 0 Å². The molecule has 7 nitrogen and oxygen atoms in total. The molecule has 0 aromatic carbocycles. The summed E-state index contributed by atoms with van der Waals surface area (Å²) in [6.45, 7) is 1.24. The average Bonchev–Trinajstić information content (AvgIpc) is 2.11. The van der Waals surface area contributed by atoms with Crippen LogP contribution in [-0.4, -0.2) is 28.7 Å². The van der Waals surface area contributed by atoms with Gasteiger partial charge in [-0.3, -0.25) is 9.59 Å². The summed E-state index contributed by atoms with van der Waals surface area (Å²) in [6.07, 6.45) is 0.176. The van der Waals surface area contributed by atoms with Gasteiger partial charge in [0.15, 0.2) is 5.41 Å². The van der Waals surface area contributed by atoms with Gasteiger partial charge in [0.2, 0.25) is 0 Å². The highest BCUT2D eigenvalue weighted by molar-refractivity contribution is 5.97. The Kier molecular flexibility index (Phi) is 4.45. The van der Waals surface area contributed by atoms with Gasteiger partial charge in [-0.25, -0.2) is 0 Å². The predicted octanol–water partition coefficient (Wildman–Crippen LogP) is 1.25. The Hall–Kier alpha value is -1.75. The smallest absolute Gasteiger partial charge is 0.320 e. The Morgan fingerprint density at radius 3 is 2.29 bits per heavy atom. The largest absolute Gasteiger partial charge is 0.480 e. The number of carboxylic acids is 2. The highest BCUT2D eigenvalue weighted by Crippen LogP contribution is 2.23. The Morgan fingerprint density at radius 1 is 1.43 bits per heavy atom. The van der Waals surface area contributed by atoms with E-state index < -0.39 is 17.4 Å². The summed E-state index contributed by atoms with van der Waals surface area (Å²) in [5.74, 6) is -2.77. The number of carbonyl (C=O) groups is 2. The van der Waals surface area contributed by atoms with Crippen molar-refractivity contribution in [2.75, 3.05) is 6.54 Å². The molecule has 0 atom stereocenters. The van der Waals surface area contributed by atoms with Crippen molar-refractivity contribution in [3.05, 3.63) is 10.4 Å². The van der Waals surface area contributed by atoms with E-state index >= 15 is 0 Å². The van der Waals surface area contributed by atoms with Crippen molar-refractivity contribution in [3.8, 4) is 0 Å². The first-order chi connectivity index (χ1) is 6.45. The summed E-state index contributed by atoms with van der Waals surface area (Å²) in [6, 6.07) is 0. The van der Waals surface area contributed by atoms with Crippen molar-refractivity contribution in [1.82, 2.24) is 0 Å². The minimum atomic E-state index is -1.80. The molecule has 0 aliphatic carbocycles. The minimum absolute atomic E-state index is 0.0588. The Morgan fingerprint density at radius 2 is 1.93 bits per heavy atom.